The largest absolute Gasteiger partial charge is 0.308 e. The van der Waals surface area contributed by atoms with E-state index in [1.54, 1.807) is 0 Å². The molecule has 5 nitrogen and oxygen atoms in total. The number of rotatable bonds is 7. The molecule has 10 aromatic rings. The second kappa shape index (κ2) is 15.6. The molecular weight excluding hydrogens is 791 g/mol. The Morgan fingerprint density at radius 2 is 0.969 bits per heavy atom. The zero-order valence-corrected chi connectivity index (χ0v) is 35.4. The molecule has 0 amide bonds. The van der Waals surface area contributed by atoms with Gasteiger partial charge in [-0.05, 0) is 75.3 Å². The van der Waals surface area contributed by atoms with E-state index in [-0.39, 0.29) is 5.84 Å². The number of nitrogens with one attached hydrogen (secondary N) is 1. The summed E-state index contributed by atoms with van der Waals surface area (Å²) < 4.78 is 2.30. The maximum absolute atomic E-state index is 9.28. The second-order valence-electron chi connectivity index (χ2n) is 16.5. The van der Waals surface area contributed by atoms with Gasteiger partial charge in [0.2, 0.25) is 0 Å². The normalized spacial score (nSPS) is 13.1. The van der Waals surface area contributed by atoms with Crippen LogP contribution in [0.4, 0.5) is 17.1 Å². The summed E-state index contributed by atoms with van der Waals surface area (Å²) in [5, 5.41) is 10.4. The monoisotopic (exact) mass is 831 g/mol. The molecule has 0 saturated carbocycles. The first-order valence-corrected chi connectivity index (χ1v) is 22.0. The van der Waals surface area contributed by atoms with Crippen molar-refractivity contribution in [3.63, 3.8) is 0 Å². The number of fused-ring (bicyclic) bond motifs is 12. The topological polar surface area (TPSA) is 56.7 Å². The van der Waals surface area contributed by atoms with Crippen LogP contribution in [0.15, 0.2) is 247 Å². The number of aromatic nitrogens is 1. The molecule has 0 bridgehead atoms. The highest BCUT2D eigenvalue weighted by molar-refractivity contribution is 6.15. The number of hydrogen-bond donors (Lipinski definition) is 1. The van der Waals surface area contributed by atoms with Crippen LogP contribution in [-0.4, -0.2) is 22.6 Å². The van der Waals surface area contributed by atoms with Crippen LogP contribution in [0.1, 0.15) is 33.4 Å². The van der Waals surface area contributed by atoms with Crippen molar-refractivity contribution in [2.24, 2.45) is 9.98 Å². The predicted octanol–water partition coefficient (Wildman–Crippen LogP) is 14.5. The fourth-order valence-corrected chi connectivity index (χ4v) is 10.3. The molecule has 1 heterocycles. The third-order valence-electron chi connectivity index (χ3n) is 13.0. The molecule has 1 aromatic heterocycles. The fourth-order valence-electron chi connectivity index (χ4n) is 10.3. The van der Waals surface area contributed by atoms with Crippen molar-refractivity contribution in [2.75, 3.05) is 4.90 Å². The van der Waals surface area contributed by atoms with E-state index in [1.165, 1.54) is 33.4 Å². The number of amidine groups is 2. The van der Waals surface area contributed by atoms with E-state index in [0.717, 1.165) is 55.9 Å². The van der Waals surface area contributed by atoms with Gasteiger partial charge < -0.3 is 4.90 Å². The Bertz CT molecular complexity index is 3410. The average molecular weight is 832 g/mol. The van der Waals surface area contributed by atoms with Crippen LogP contribution < -0.4 is 4.90 Å². The SMILES string of the molecule is N=C(N=C(N=Cn1c2c(c3cccc(N(c4ccccc4)c4ccccc4)c31)C1(c3ccccc3-c3ccccc31)c1ccccc1-2)c1cccc(-c2ccccc2)c1)c1ccccc1. The van der Waals surface area contributed by atoms with Gasteiger partial charge in [0.25, 0.3) is 0 Å². The van der Waals surface area contributed by atoms with E-state index in [4.69, 9.17) is 9.98 Å². The van der Waals surface area contributed by atoms with Gasteiger partial charge in [0.1, 0.15) is 6.34 Å². The first-order valence-electron chi connectivity index (χ1n) is 22.0. The number of nitrogens with zero attached hydrogens (tertiary/aromatic N) is 4. The molecule has 1 N–H and O–H groups in total. The minimum atomic E-state index is -0.601. The number of benzene rings is 9. The first-order chi connectivity index (χ1) is 32.2. The standard InChI is InChI=1S/C60H41N5/c61-58(42-23-7-2-8-24-42)63-59(44-26-19-25-43(39-44)41-21-5-1-6-22-41)62-40-64-56-50(34-20-38-54(56)65(45-27-9-3-10-28-45)46-29-11-4-12-30-46)55-57(64)49-33-15-18-37-53(49)60(55)51-35-16-13-31-47(51)48-32-14-17-36-52(48)60/h1-40,61H. The zero-order valence-electron chi connectivity index (χ0n) is 35.4. The molecule has 2 aliphatic rings. The van der Waals surface area contributed by atoms with Gasteiger partial charge in [0, 0.05) is 39.0 Å². The highest BCUT2D eigenvalue weighted by Crippen LogP contribution is 2.65. The zero-order chi connectivity index (χ0) is 43.3. The van der Waals surface area contributed by atoms with Gasteiger partial charge in [-0.15, -0.1) is 0 Å². The number of para-hydroxylation sites is 3. The lowest BCUT2D eigenvalue weighted by atomic mass is 9.70. The summed E-state index contributed by atoms with van der Waals surface area (Å²) in [7, 11) is 0. The Kier molecular flexibility index (Phi) is 9.13. The molecule has 0 saturated heterocycles. The number of anilines is 3. The molecule has 1 spiro atoms. The summed E-state index contributed by atoms with van der Waals surface area (Å²) in [6, 6.07) is 83.0. The Labute approximate surface area is 378 Å². The van der Waals surface area contributed by atoms with Crippen LogP contribution in [0.5, 0.6) is 0 Å². The molecule has 0 radical (unpaired) electrons. The lowest BCUT2D eigenvalue weighted by Gasteiger charge is -2.30. The van der Waals surface area contributed by atoms with Gasteiger partial charge in [-0.2, -0.15) is 0 Å². The summed E-state index contributed by atoms with van der Waals surface area (Å²) in [5.41, 5.74) is 16.9. The molecule has 65 heavy (non-hydrogen) atoms. The van der Waals surface area contributed by atoms with E-state index in [0.29, 0.717) is 11.4 Å². The summed E-state index contributed by atoms with van der Waals surface area (Å²) in [6.07, 6.45) is 1.95. The van der Waals surface area contributed by atoms with E-state index in [1.807, 2.05) is 54.9 Å². The van der Waals surface area contributed by atoms with Crippen LogP contribution in [0, 0.1) is 5.41 Å². The third kappa shape index (κ3) is 6.05. The highest BCUT2D eigenvalue weighted by Gasteiger charge is 2.54. The average Bonchev–Trinajstić information content (AvgIpc) is 3.99. The van der Waals surface area contributed by atoms with Crippen molar-refractivity contribution in [3.8, 4) is 33.5 Å². The van der Waals surface area contributed by atoms with Gasteiger partial charge in [-0.1, -0.05) is 200 Å². The van der Waals surface area contributed by atoms with Crippen LogP contribution in [-0.2, 0) is 5.41 Å². The van der Waals surface area contributed by atoms with E-state index in [2.05, 4.69) is 198 Å². The van der Waals surface area contributed by atoms with Gasteiger partial charge in [0.05, 0.1) is 22.3 Å². The van der Waals surface area contributed by atoms with E-state index in [9.17, 15) is 5.41 Å². The maximum Gasteiger partial charge on any atom is 0.163 e. The van der Waals surface area contributed by atoms with Crippen molar-refractivity contribution in [3.05, 3.63) is 270 Å². The summed E-state index contributed by atoms with van der Waals surface area (Å²) in [6.45, 7) is 0. The molecule has 306 valence electrons. The molecule has 5 heteroatoms. The lowest BCUT2D eigenvalue weighted by molar-refractivity contribution is 0.801. The van der Waals surface area contributed by atoms with Gasteiger partial charge in [-0.25, -0.2) is 9.98 Å². The molecular formula is C60H41N5. The molecule has 0 fully saturated rings. The van der Waals surface area contributed by atoms with Gasteiger partial charge in [0.15, 0.2) is 11.7 Å². The molecule has 0 atom stereocenters. The summed E-state index contributed by atoms with van der Waals surface area (Å²) >= 11 is 0. The lowest BCUT2D eigenvalue weighted by Crippen LogP contribution is -2.25. The molecule has 0 aliphatic heterocycles. The van der Waals surface area contributed by atoms with Crippen molar-refractivity contribution in [1.82, 2.24) is 4.57 Å². The molecule has 12 rings (SSSR count). The fraction of sp³-hybridized carbons (Fsp3) is 0.0167. The first kappa shape index (κ1) is 38.0. The molecule has 0 unspecified atom stereocenters. The van der Waals surface area contributed by atoms with Crippen molar-refractivity contribution >= 4 is 46.0 Å². The number of aliphatic imine (C=N–C) groups is 2. The second-order valence-corrected chi connectivity index (χ2v) is 16.5. The minimum Gasteiger partial charge on any atom is -0.308 e. The van der Waals surface area contributed by atoms with Crippen LogP contribution in [0.2, 0.25) is 0 Å². The molecule has 9 aromatic carbocycles. The number of hydrogen-bond acceptors (Lipinski definition) is 2. The van der Waals surface area contributed by atoms with Gasteiger partial charge >= 0.3 is 0 Å². The van der Waals surface area contributed by atoms with E-state index < -0.39 is 5.41 Å². The van der Waals surface area contributed by atoms with Crippen molar-refractivity contribution in [2.45, 2.75) is 5.41 Å². The third-order valence-corrected chi connectivity index (χ3v) is 13.0. The van der Waals surface area contributed by atoms with Crippen LogP contribution in [0.25, 0.3) is 44.4 Å². The Hall–Kier alpha value is -8.67. The Balaban J connectivity index is 1.18. The van der Waals surface area contributed by atoms with Crippen molar-refractivity contribution < 1.29 is 0 Å². The summed E-state index contributed by atoms with van der Waals surface area (Å²) in [4.78, 5) is 12.8. The Morgan fingerprint density at radius 1 is 0.477 bits per heavy atom. The Morgan fingerprint density at radius 3 is 1.60 bits per heavy atom. The maximum atomic E-state index is 9.28. The quantitative estimate of drug-likeness (QED) is 0.126. The highest BCUT2D eigenvalue weighted by atomic mass is 15.2. The minimum absolute atomic E-state index is 0.133. The van der Waals surface area contributed by atoms with Crippen LogP contribution >= 0.6 is 0 Å². The predicted molar refractivity (Wildman–Crippen MR) is 268 cm³/mol. The van der Waals surface area contributed by atoms with Crippen LogP contribution in [0.3, 0.4) is 0 Å². The molecule has 2 aliphatic carbocycles. The smallest absolute Gasteiger partial charge is 0.163 e. The van der Waals surface area contributed by atoms with Crippen molar-refractivity contribution in [1.29, 1.82) is 5.41 Å². The van der Waals surface area contributed by atoms with Gasteiger partial charge in [-0.3, -0.25) is 9.98 Å². The van der Waals surface area contributed by atoms with E-state index >= 15 is 0 Å². The summed E-state index contributed by atoms with van der Waals surface area (Å²) in [5.74, 6) is 0.569.